The Bertz CT molecular complexity index is 317. The van der Waals surface area contributed by atoms with E-state index in [4.69, 9.17) is 10.6 Å². The van der Waals surface area contributed by atoms with Gasteiger partial charge in [0.15, 0.2) is 11.5 Å². The lowest BCUT2D eigenvalue weighted by atomic mass is 10.1. The Labute approximate surface area is 90.7 Å². The molecule has 0 bridgehead atoms. The topological polar surface area (TPSA) is 64.7 Å². The Morgan fingerprint density at radius 2 is 2.21 bits per heavy atom. The third-order valence-corrected chi connectivity index (χ3v) is 2.29. The van der Waals surface area contributed by atoms with E-state index in [9.17, 15) is 5.11 Å². The van der Waals surface area contributed by atoms with Crippen molar-refractivity contribution in [1.29, 1.82) is 0 Å². The van der Waals surface area contributed by atoms with Gasteiger partial charge in [0.05, 0.1) is 13.7 Å². The summed E-state index contributed by atoms with van der Waals surface area (Å²) in [6, 6.07) is 3.50. The Morgan fingerprint density at radius 1 is 1.50 bits per heavy atom. The van der Waals surface area contributed by atoms with Gasteiger partial charge in [-0.15, -0.1) is 0 Å². The van der Waals surface area contributed by atoms with Gasteiger partial charge in [0.2, 0.25) is 0 Å². The molecule has 0 unspecified atom stereocenters. The standard InChI is InChI=1S/C9H12BrNO3/c1-13-8-5-7(10)4-6(9(8)12)2-3-14-11/h4-5,12H,2-3,11H2,1H3. The molecule has 5 heteroatoms. The summed E-state index contributed by atoms with van der Waals surface area (Å²) in [7, 11) is 1.50. The first kappa shape index (κ1) is 11.3. The van der Waals surface area contributed by atoms with Crippen molar-refractivity contribution in [1.82, 2.24) is 0 Å². The number of phenols is 1. The van der Waals surface area contributed by atoms with E-state index >= 15 is 0 Å². The van der Waals surface area contributed by atoms with E-state index in [0.717, 1.165) is 10.0 Å². The van der Waals surface area contributed by atoms with Crippen molar-refractivity contribution >= 4 is 15.9 Å². The van der Waals surface area contributed by atoms with Crippen LogP contribution in [0.15, 0.2) is 16.6 Å². The molecule has 0 atom stereocenters. The lowest BCUT2D eigenvalue weighted by molar-refractivity contribution is 0.140. The van der Waals surface area contributed by atoms with E-state index in [2.05, 4.69) is 20.8 Å². The minimum absolute atomic E-state index is 0.132. The molecule has 0 saturated heterocycles. The fourth-order valence-corrected chi connectivity index (χ4v) is 1.63. The monoisotopic (exact) mass is 261 g/mol. The largest absolute Gasteiger partial charge is 0.504 e. The SMILES string of the molecule is COc1cc(Br)cc(CCON)c1O. The summed E-state index contributed by atoms with van der Waals surface area (Å²) in [6.07, 6.45) is 0.540. The van der Waals surface area contributed by atoms with Crippen LogP contribution in [0.4, 0.5) is 0 Å². The highest BCUT2D eigenvalue weighted by Crippen LogP contribution is 2.33. The van der Waals surface area contributed by atoms with Gasteiger partial charge in [0.1, 0.15) is 0 Å². The van der Waals surface area contributed by atoms with Crippen molar-refractivity contribution < 1.29 is 14.7 Å². The maximum Gasteiger partial charge on any atom is 0.161 e. The second-order valence-electron chi connectivity index (χ2n) is 2.74. The van der Waals surface area contributed by atoms with E-state index < -0.39 is 0 Å². The molecule has 0 aromatic heterocycles. The molecule has 0 radical (unpaired) electrons. The number of hydrogen-bond acceptors (Lipinski definition) is 4. The molecule has 0 heterocycles. The molecule has 0 aliphatic heterocycles. The smallest absolute Gasteiger partial charge is 0.161 e. The molecule has 0 spiro atoms. The fourth-order valence-electron chi connectivity index (χ4n) is 1.14. The van der Waals surface area contributed by atoms with E-state index in [1.54, 1.807) is 12.1 Å². The summed E-state index contributed by atoms with van der Waals surface area (Å²) < 4.78 is 5.84. The van der Waals surface area contributed by atoms with Gasteiger partial charge in [0.25, 0.3) is 0 Å². The van der Waals surface area contributed by atoms with Crippen molar-refractivity contribution in [3.05, 3.63) is 22.2 Å². The summed E-state index contributed by atoms with van der Waals surface area (Å²) in [5, 5.41) is 9.70. The van der Waals surface area contributed by atoms with Gasteiger partial charge in [-0.05, 0) is 12.1 Å². The molecule has 0 saturated carbocycles. The molecule has 0 aliphatic rings. The van der Waals surface area contributed by atoms with Gasteiger partial charge >= 0.3 is 0 Å². The Kier molecular flexibility index (Phi) is 4.19. The van der Waals surface area contributed by atoms with Crippen LogP contribution in [0, 0.1) is 0 Å². The van der Waals surface area contributed by atoms with Crippen LogP contribution in [0.25, 0.3) is 0 Å². The molecule has 4 nitrogen and oxygen atoms in total. The zero-order valence-corrected chi connectivity index (χ0v) is 9.37. The fraction of sp³-hybridized carbons (Fsp3) is 0.333. The summed E-state index contributed by atoms with van der Waals surface area (Å²) in [5.41, 5.74) is 0.738. The summed E-state index contributed by atoms with van der Waals surface area (Å²) in [4.78, 5) is 4.45. The van der Waals surface area contributed by atoms with E-state index in [1.165, 1.54) is 7.11 Å². The van der Waals surface area contributed by atoms with Crippen molar-refractivity contribution in [3.63, 3.8) is 0 Å². The zero-order valence-electron chi connectivity index (χ0n) is 7.79. The highest BCUT2D eigenvalue weighted by Gasteiger charge is 2.09. The van der Waals surface area contributed by atoms with Crippen LogP contribution < -0.4 is 10.6 Å². The molecule has 0 aliphatic carbocycles. The number of rotatable bonds is 4. The Balaban J connectivity index is 2.96. The Hall–Kier alpha value is -0.780. The van der Waals surface area contributed by atoms with Crippen LogP contribution >= 0.6 is 15.9 Å². The van der Waals surface area contributed by atoms with E-state index in [-0.39, 0.29) is 5.75 Å². The number of halogens is 1. The third kappa shape index (κ3) is 2.60. The maximum atomic E-state index is 9.70. The number of nitrogens with two attached hydrogens (primary N) is 1. The molecule has 0 fully saturated rings. The van der Waals surface area contributed by atoms with Gasteiger partial charge in [-0.1, -0.05) is 15.9 Å². The van der Waals surface area contributed by atoms with Crippen LogP contribution in [0.1, 0.15) is 5.56 Å². The van der Waals surface area contributed by atoms with Crippen LogP contribution in [-0.4, -0.2) is 18.8 Å². The summed E-state index contributed by atoms with van der Waals surface area (Å²) in [5.74, 6) is 5.48. The van der Waals surface area contributed by atoms with Gasteiger partial charge in [-0.3, -0.25) is 0 Å². The third-order valence-electron chi connectivity index (χ3n) is 1.83. The molecular formula is C9H12BrNO3. The molecule has 1 rings (SSSR count). The van der Waals surface area contributed by atoms with Gasteiger partial charge in [-0.25, -0.2) is 5.90 Å². The van der Waals surface area contributed by atoms with Gasteiger partial charge < -0.3 is 14.7 Å². The predicted molar refractivity (Wildman–Crippen MR) is 56.2 cm³/mol. The first-order valence-electron chi connectivity index (χ1n) is 4.06. The quantitative estimate of drug-likeness (QED) is 0.809. The van der Waals surface area contributed by atoms with Crippen molar-refractivity contribution in [2.75, 3.05) is 13.7 Å². The van der Waals surface area contributed by atoms with Crippen molar-refractivity contribution in [2.24, 2.45) is 5.90 Å². The minimum Gasteiger partial charge on any atom is -0.504 e. The average molecular weight is 262 g/mol. The first-order valence-corrected chi connectivity index (χ1v) is 4.85. The number of aromatic hydroxyl groups is 1. The Morgan fingerprint density at radius 3 is 2.79 bits per heavy atom. The second-order valence-corrected chi connectivity index (χ2v) is 3.65. The van der Waals surface area contributed by atoms with Crippen LogP contribution in [0.2, 0.25) is 0 Å². The molecule has 14 heavy (non-hydrogen) atoms. The van der Waals surface area contributed by atoms with Gasteiger partial charge in [-0.2, -0.15) is 0 Å². The molecule has 1 aromatic rings. The molecule has 0 amide bonds. The normalized spacial score (nSPS) is 10.2. The average Bonchev–Trinajstić information content (AvgIpc) is 2.18. The molecule has 1 aromatic carbocycles. The predicted octanol–water partition coefficient (Wildman–Crippen LogP) is 1.60. The van der Waals surface area contributed by atoms with E-state index in [0.29, 0.717) is 18.8 Å². The molecule has 3 N–H and O–H groups in total. The maximum absolute atomic E-state index is 9.70. The van der Waals surface area contributed by atoms with Gasteiger partial charge in [0, 0.05) is 16.5 Å². The molecule has 78 valence electrons. The highest BCUT2D eigenvalue weighted by molar-refractivity contribution is 9.10. The first-order chi connectivity index (χ1) is 6.69. The number of benzene rings is 1. The van der Waals surface area contributed by atoms with E-state index in [1.807, 2.05) is 0 Å². The lowest BCUT2D eigenvalue weighted by Crippen LogP contribution is -2.04. The van der Waals surface area contributed by atoms with Crippen LogP contribution in [0.3, 0.4) is 0 Å². The van der Waals surface area contributed by atoms with Crippen molar-refractivity contribution in [3.8, 4) is 11.5 Å². The zero-order chi connectivity index (χ0) is 10.6. The number of phenolic OH excluding ortho intramolecular Hbond substituents is 1. The number of ether oxygens (including phenoxy) is 1. The lowest BCUT2D eigenvalue weighted by Gasteiger charge is -2.09. The molecular weight excluding hydrogens is 250 g/mol. The number of methoxy groups -OCH3 is 1. The highest BCUT2D eigenvalue weighted by atomic mass is 79.9. The minimum atomic E-state index is 0.132. The number of hydrogen-bond donors (Lipinski definition) is 2. The second kappa shape index (κ2) is 5.19. The summed E-state index contributed by atoms with van der Waals surface area (Å²) >= 11 is 3.32. The van der Waals surface area contributed by atoms with Crippen LogP contribution in [0.5, 0.6) is 11.5 Å². The van der Waals surface area contributed by atoms with Crippen molar-refractivity contribution in [2.45, 2.75) is 6.42 Å². The van der Waals surface area contributed by atoms with Crippen LogP contribution in [-0.2, 0) is 11.3 Å². The summed E-state index contributed by atoms with van der Waals surface area (Å²) in [6.45, 7) is 0.354.